The molecule has 2 aromatic rings. The molecular weight excluding hydrogens is 248 g/mol. The van der Waals surface area contributed by atoms with Crippen molar-refractivity contribution >= 4 is 5.78 Å². The SMILES string of the molecule is COc1ccc(C(=O)C(C)CCc2ccccc2)cc1. The molecule has 2 aromatic carbocycles. The van der Waals surface area contributed by atoms with Crippen LogP contribution in [-0.4, -0.2) is 12.9 Å². The third-order valence-electron chi connectivity index (χ3n) is 3.53. The predicted molar refractivity (Wildman–Crippen MR) is 81.3 cm³/mol. The van der Waals surface area contributed by atoms with Crippen LogP contribution >= 0.6 is 0 Å². The lowest BCUT2D eigenvalue weighted by atomic mass is 9.93. The molecule has 0 radical (unpaired) electrons. The Hall–Kier alpha value is -2.09. The third-order valence-corrected chi connectivity index (χ3v) is 3.53. The average molecular weight is 268 g/mol. The summed E-state index contributed by atoms with van der Waals surface area (Å²) in [5.74, 6) is 1.01. The normalized spacial score (nSPS) is 11.9. The first-order valence-electron chi connectivity index (χ1n) is 6.93. The van der Waals surface area contributed by atoms with E-state index in [1.54, 1.807) is 7.11 Å². The van der Waals surface area contributed by atoms with Gasteiger partial charge in [-0.15, -0.1) is 0 Å². The number of methoxy groups -OCH3 is 1. The van der Waals surface area contributed by atoms with Crippen molar-refractivity contribution in [1.29, 1.82) is 0 Å². The lowest BCUT2D eigenvalue weighted by Crippen LogP contribution is -2.12. The standard InChI is InChI=1S/C18H20O2/c1-14(8-9-15-6-4-3-5-7-15)18(19)16-10-12-17(20-2)13-11-16/h3-7,10-14H,8-9H2,1-2H3. The summed E-state index contributed by atoms with van der Waals surface area (Å²) in [5, 5.41) is 0. The van der Waals surface area contributed by atoms with Crippen molar-refractivity contribution in [2.24, 2.45) is 5.92 Å². The predicted octanol–water partition coefficient (Wildman–Crippen LogP) is 4.15. The van der Waals surface area contributed by atoms with Crippen LogP contribution in [0.3, 0.4) is 0 Å². The van der Waals surface area contributed by atoms with Crippen LogP contribution < -0.4 is 4.74 Å². The van der Waals surface area contributed by atoms with Gasteiger partial charge >= 0.3 is 0 Å². The number of hydrogen-bond acceptors (Lipinski definition) is 2. The van der Waals surface area contributed by atoms with E-state index in [9.17, 15) is 4.79 Å². The second-order valence-electron chi connectivity index (χ2n) is 5.02. The monoisotopic (exact) mass is 268 g/mol. The summed E-state index contributed by atoms with van der Waals surface area (Å²) in [6, 6.07) is 17.6. The largest absolute Gasteiger partial charge is 0.497 e. The summed E-state index contributed by atoms with van der Waals surface area (Å²) >= 11 is 0. The minimum atomic E-state index is 0.0311. The van der Waals surface area contributed by atoms with Gasteiger partial charge in [-0.25, -0.2) is 0 Å². The Morgan fingerprint density at radius 3 is 2.30 bits per heavy atom. The van der Waals surface area contributed by atoms with E-state index < -0.39 is 0 Å². The fourth-order valence-corrected chi connectivity index (χ4v) is 2.20. The molecule has 2 nitrogen and oxygen atoms in total. The number of ether oxygens (including phenoxy) is 1. The van der Waals surface area contributed by atoms with Crippen molar-refractivity contribution in [3.05, 3.63) is 65.7 Å². The molecule has 1 atom stereocenters. The first kappa shape index (κ1) is 14.3. The van der Waals surface area contributed by atoms with Crippen molar-refractivity contribution in [2.45, 2.75) is 19.8 Å². The van der Waals surface area contributed by atoms with E-state index in [4.69, 9.17) is 4.74 Å². The number of ketones is 1. The van der Waals surface area contributed by atoms with Crippen LogP contribution in [0.5, 0.6) is 5.75 Å². The van der Waals surface area contributed by atoms with Crippen molar-refractivity contribution in [3.8, 4) is 5.75 Å². The summed E-state index contributed by atoms with van der Waals surface area (Å²) in [6.07, 6.45) is 1.80. The van der Waals surface area contributed by atoms with Gasteiger partial charge in [0, 0.05) is 11.5 Å². The molecule has 2 rings (SSSR count). The highest BCUT2D eigenvalue weighted by molar-refractivity contribution is 5.97. The van der Waals surface area contributed by atoms with Crippen molar-refractivity contribution in [3.63, 3.8) is 0 Å². The zero-order valence-electron chi connectivity index (χ0n) is 12.0. The minimum Gasteiger partial charge on any atom is -0.497 e. The van der Waals surface area contributed by atoms with Gasteiger partial charge in [0.2, 0.25) is 0 Å². The van der Waals surface area contributed by atoms with Gasteiger partial charge in [-0.1, -0.05) is 37.3 Å². The summed E-state index contributed by atoms with van der Waals surface area (Å²) in [4.78, 5) is 12.3. The quantitative estimate of drug-likeness (QED) is 0.736. The molecule has 0 bridgehead atoms. The molecule has 0 aliphatic heterocycles. The Morgan fingerprint density at radius 1 is 1.05 bits per heavy atom. The fraction of sp³-hybridized carbons (Fsp3) is 0.278. The van der Waals surface area contributed by atoms with Gasteiger partial charge in [0.25, 0.3) is 0 Å². The first-order valence-corrected chi connectivity index (χ1v) is 6.93. The highest BCUT2D eigenvalue weighted by atomic mass is 16.5. The molecule has 104 valence electrons. The molecule has 0 fully saturated rings. The molecule has 0 amide bonds. The topological polar surface area (TPSA) is 26.3 Å². The molecule has 0 heterocycles. The van der Waals surface area contributed by atoms with Gasteiger partial charge < -0.3 is 4.74 Å². The summed E-state index contributed by atoms with van der Waals surface area (Å²) in [7, 11) is 1.62. The number of rotatable bonds is 6. The maximum atomic E-state index is 12.3. The number of carbonyl (C=O) groups excluding carboxylic acids is 1. The van der Waals surface area contributed by atoms with E-state index in [0.717, 1.165) is 24.2 Å². The fourth-order valence-electron chi connectivity index (χ4n) is 2.20. The smallest absolute Gasteiger partial charge is 0.165 e. The van der Waals surface area contributed by atoms with Gasteiger partial charge in [-0.3, -0.25) is 4.79 Å². The van der Waals surface area contributed by atoms with Gasteiger partial charge in [0.15, 0.2) is 5.78 Å². The molecule has 0 N–H and O–H groups in total. The molecule has 0 aromatic heterocycles. The highest BCUT2D eigenvalue weighted by Gasteiger charge is 2.15. The van der Waals surface area contributed by atoms with E-state index in [-0.39, 0.29) is 11.7 Å². The number of benzene rings is 2. The van der Waals surface area contributed by atoms with Crippen molar-refractivity contribution < 1.29 is 9.53 Å². The highest BCUT2D eigenvalue weighted by Crippen LogP contribution is 2.18. The zero-order valence-corrected chi connectivity index (χ0v) is 12.0. The van der Waals surface area contributed by atoms with Crippen LogP contribution in [0, 0.1) is 5.92 Å². The van der Waals surface area contributed by atoms with Crippen LogP contribution in [0.2, 0.25) is 0 Å². The van der Waals surface area contributed by atoms with Crippen molar-refractivity contribution in [1.82, 2.24) is 0 Å². The second-order valence-corrected chi connectivity index (χ2v) is 5.02. The molecule has 0 aliphatic rings. The Bertz CT molecular complexity index is 543. The Labute approximate surface area is 120 Å². The van der Waals surface area contributed by atoms with E-state index in [1.165, 1.54) is 5.56 Å². The van der Waals surface area contributed by atoms with E-state index in [2.05, 4.69) is 12.1 Å². The second kappa shape index (κ2) is 6.90. The lowest BCUT2D eigenvalue weighted by molar-refractivity contribution is 0.0924. The summed E-state index contributed by atoms with van der Waals surface area (Å²) in [6.45, 7) is 2.00. The molecule has 0 spiro atoms. The van der Waals surface area contributed by atoms with Crippen LogP contribution in [-0.2, 0) is 6.42 Å². The van der Waals surface area contributed by atoms with Gasteiger partial charge in [0.1, 0.15) is 5.75 Å². The van der Waals surface area contributed by atoms with Crippen LogP contribution in [0.25, 0.3) is 0 Å². The zero-order chi connectivity index (χ0) is 14.4. The number of hydrogen-bond donors (Lipinski definition) is 0. The van der Waals surface area contributed by atoms with E-state index in [1.807, 2.05) is 49.4 Å². The van der Waals surface area contributed by atoms with Crippen LogP contribution in [0.4, 0.5) is 0 Å². The number of carbonyl (C=O) groups is 1. The van der Waals surface area contributed by atoms with Crippen LogP contribution in [0.15, 0.2) is 54.6 Å². The van der Waals surface area contributed by atoms with Gasteiger partial charge in [0.05, 0.1) is 7.11 Å². The molecule has 1 unspecified atom stereocenters. The lowest BCUT2D eigenvalue weighted by Gasteiger charge is -2.11. The Balaban J connectivity index is 1.94. The number of Topliss-reactive ketones (excluding diaryl/α,β-unsaturated/α-hetero) is 1. The molecule has 0 aliphatic carbocycles. The number of aryl methyl sites for hydroxylation is 1. The molecule has 2 heteroatoms. The molecule has 0 saturated heterocycles. The van der Waals surface area contributed by atoms with Crippen LogP contribution in [0.1, 0.15) is 29.3 Å². The first-order chi connectivity index (χ1) is 9.70. The Morgan fingerprint density at radius 2 is 1.70 bits per heavy atom. The van der Waals surface area contributed by atoms with E-state index in [0.29, 0.717) is 0 Å². The Kier molecular flexibility index (Phi) is 4.94. The third kappa shape index (κ3) is 3.70. The van der Waals surface area contributed by atoms with Gasteiger partial charge in [-0.05, 0) is 42.7 Å². The summed E-state index contributed by atoms with van der Waals surface area (Å²) in [5.41, 5.74) is 2.04. The maximum Gasteiger partial charge on any atom is 0.165 e. The summed E-state index contributed by atoms with van der Waals surface area (Å²) < 4.78 is 5.10. The average Bonchev–Trinajstić information content (AvgIpc) is 2.53. The molecular formula is C18H20O2. The molecule has 20 heavy (non-hydrogen) atoms. The van der Waals surface area contributed by atoms with E-state index >= 15 is 0 Å². The van der Waals surface area contributed by atoms with Gasteiger partial charge in [-0.2, -0.15) is 0 Å². The van der Waals surface area contributed by atoms with Crippen molar-refractivity contribution in [2.75, 3.05) is 7.11 Å². The molecule has 0 saturated carbocycles. The minimum absolute atomic E-state index is 0.0311. The maximum absolute atomic E-state index is 12.3.